The van der Waals surface area contributed by atoms with Gasteiger partial charge in [0.1, 0.15) is 5.82 Å². The molecule has 2 heteroatoms. The summed E-state index contributed by atoms with van der Waals surface area (Å²) in [4.78, 5) is 6.35. The molecule has 0 aliphatic heterocycles. The van der Waals surface area contributed by atoms with Gasteiger partial charge in [-0.1, -0.05) is 39.2 Å². The SMILES string of the molecule is C=NC(=C)N(CCC)C1CCCCCC1. The minimum absolute atomic E-state index is 0.658. The van der Waals surface area contributed by atoms with Gasteiger partial charge in [0.15, 0.2) is 0 Å². The van der Waals surface area contributed by atoms with Gasteiger partial charge in [0.2, 0.25) is 0 Å². The van der Waals surface area contributed by atoms with Crippen LogP contribution in [0, 0.1) is 0 Å². The summed E-state index contributed by atoms with van der Waals surface area (Å²) in [5.41, 5.74) is 0. The van der Waals surface area contributed by atoms with Crippen molar-refractivity contribution < 1.29 is 0 Å². The summed E-state index contributed by atoms with van der Waals surface area (Å²) in [7, 11) is 0. The third kappa shape index (κ3) is 3.69. The van der Waals surface area contributed by atoms with Crippen LogP contribution in [0.25, 0.3) is 0 Å². The maximum Gasteiger partial charge on any atom is 0.120 e. The lowest BCUT2D eigenvalue weighted by Crippen LogP contribution is -2.34. The molecule has 0 radical (unpaired) electrons. The van der Waals surface area contributed by atoms with E-state index in [-0.39, 0.29) is 0 Å². The van der Waals surface area contributed by atoms with Crippen LogP contribution in [-0.2, 0) is 0 Å². The molecule has 1 aliphatic rings. The quantitative estimate of drug-likeness (QED) is 0.498. The molecule has 0 aromatic rings. The van der Waals surface area contributed by atoms with Gasteiger partial charge in [-0.25, -0.2) is 4.99 Å². The van der Waals surface area contributed by atoms with E-state index in [2.05, 4.69) is 30.1 Å². The molecule has 0 atom stereocenters. The van der Waals surface area contributed by atoms with Crippen LogP contribution in [0.4, 0.5) is 0 Å². The molecule has 1 aliphatic carbocycles. The van der Waals surface area contributed by atoms with Crippen LogP contribution >= 0.6 is 0 Å². The molecule has 0 heterocycles. The van der Waals surface area contributed by atoms with E-state index in [9.17, 15) is 0 Å². The summed E-state index contributed by atoms with van der Waals surface area (Å²) >= 11 is 0. The van der Waals surface area contributed by atoms with Crippen LogP contribution in [0.3, 0.4) is 0 Å². The molecule has 0 spiro atoms. The molecule has 0 unspecified atom stereocenters. The number of nitrogens with zero attached hydrogens (tertiary/aromatic N) is 2. The molecule has 0 aromatic carbocycles. The largest absolute Gasteiger partial charge is 0.354 e. The Kier molecular flexibility index (Phi) is 5.44. The van der Waals surface area contributed by atoms with Gasteiger partial charge in [0.25, 0.3) is 0 Å². The Bertz CT molecular complexity index is 203. The van der Waals surface area contributed by atoms with Crippen molar-refractivity contribution in [2.45, 2.75) is 57.9 Å². The van der Waals surface area contributed by atoms with Gasteiger partial charge in [0, 0.05) is 12.6 Å². The second kappa shape index (κ2) is 6.65. The van der Waals surface area contributed by atoms with Crippen LogP contribution in [0.2, 0.25) is 0 Å². The maximum atomic E-state index is 3.99. The minimum Gasteiger partial charge on any atom is -0.354 e. The van der Waals surface area contributed by atoms with Crippen LogP contribution < -0.4 is 0 Å². The molecule has 86 valence electrons. The van der Waals surface area contributed by atoms with Gasteiger partial charge >= 0.3 is 0 Å². The summed E-state index contributed by atoms with van der Waals surface area (Å²) in [6.07, 6.45) is 9.26. The molecule has 0 aromatic heterocycles. The van der Waals surface area contributed by atoms with Gasteiger partial charge in [0.05, 0.1) is 0 Å². The molecular formula is C13H24N2. The van der Waals surface area contributed by atoms with Crippen LogP contribution in [-0.4, -0.2) is 24.2 Å². The van der Waals surface area contributed by atoms with Crippen LogP contribution in [0.1, 0.15) is 51.9 Å². The summed E-state index contributed by atoms with van der Waals surface area (Å²) < 4.78 is 0. The third-order valence-electron chi connectivity index (χ3n) is 3.24. The van der Waals surface area contributed by atoms with E-state index in [4.69, 9.17) is 0 Å². The zero-order valence-corrected chi connectivity index (χ0v) is 10.0. The van der Waals surface area contributed by atoms with Crippen molar-refractivity contribution in [1.29, 1.82) is 0 Å². The lowest BCUT2D eigenvalue weighted by Gasteiger charge is -2.32. The molecule has 0 saturated heterocycles. The number of hydrogen-bond acceptors (Lipinski definition) is 2. The van der Waals surface area contributed by atoms with Crippen molar-refractivity contribution in [2.24, 2.45) is 4.99 Å². The minimum atomic E-state index is 0.658. The van der Waals surface area contributed by atoms with E-state index in [1.807, 2.05) is 0 Å². The van der Waals surface area contributed by atoms with Gasteiger partial charge in [-0.3, -0.25) is 0 Å². The van der Waals surface area contributed by atoms with Crippen molar-refractivity contribution in [1.82, 2.24) is 4.90 Å². The first-order chi connectivity index (χ1) is 7.29. The highest BCUT2D eigenvalue weighted by Gasteiger charge is 2.19. The number of rotatable bonds is 5. The fraction of sp³-hybridized carbons (Fsp3) is 0.769. The Morgan fingerprint density at radius 1 is 1.27 bits per heavy atom. The Labute approximate surface area is 94.1 Å². The second-order valence-electron chi connectivity index (χ2n) is 4.41. The number of aliphatic imine (C=N–C) groups is 1. The molecule has 2 nitrogen and oxygen atoms in total. The Balaban J connectivity index is 2.59. The highest BCUT2D eigenvalue weighted by atomic mass is 15.2. The molecule has 15 heavy (non-hydrogen) atoms. The zero-order valence-electron chi connectivity index (χ0n) is 10.0. The molecule has 0 N–H and O–H groups in total. The Morgan fingerprint density at radius 3 is 2.33 bits per heavy atom. The lowest BCUT2D eigenvalue weighted by molar-refractivity contribution is 0.229. The predicted octanol–water partition coefficient (Wildman–Crippen LogP) is 3.59. The molecule has 1 fully saturated rings. The topological polar surface area (TPSA) is 15.6 Å². The third-order valence-corrected chi connectivity index (χ3v) is 3.24. The van der Waals surface area contributed by atoms with E-state index < -0.39 is 0 Å². The van der Waals surface area contributed by atoms with Crippen molar-refractivity contribution in [2.75, 3.05) is 6.54 Å². The molecule has 1 rings (SSSR count). The average molecular weight is 208 g/mol. The van der Waals surface area contributed by atoms with Crippen LogP contribution in [0.15, 0.2) is 17.4 Å². The predicted molar refractivity (Wildman–Crippen MR) is 67.2 cm³/mol. The van der Waals surface area contributed by atoms with Crippen LogP contribution in [0.5, 0.6) is 0 Å². The molecule has 1 saturated carbocycles. The van der Waals surface area contributed by atoms with Crippen molar-refractivity contribution in [3.05, 3.63) is 12.4 Å². The van der Waals surface area contributed by atoms with Gasteiger partial charge in [-0.15, -0.1) is 0 Å². The van der Waals surface area contributed by atoms with Crippen molar-refractivity contribution in [3.63, 3.8) is 0 Å². The van der Waals surface area contributed by atoms with E-state index in [0.29, 0.717) is 6.04 Å². The Hall–Kier alpha value is -0.790. The van der Waals surface area contributed by atoms with E-state index in [0.717, 1.165) is 18.8 Å². The monoisotopic (exact) mass is 208 g/mol. The fourth-order valence-electron chi connectivity index (χ4n) is 2.42. The second-order valence-corrected chi connectivity index (χ2v) is 4.41. The van der Waals surface area contributed by atoms with E-state index in [1.54, 1.807) is 0 Å². The Morgan fingerprint density at radius 2 is 1.87 bits per heavy atom. The number of hydrogen-bond donors (Lipinski definition) is 0. The summed E-state index contributed by atoms with van der Waals surface area (Å²) in [6.45, 7) is 10.9. The maximum absolute atomic E-state index is 3.99. The zero-order chi connectivity index (χ0) is 11.1. The first-order valence-corrected chi connectivity index (χ1v) is 6.22. The standard InChI is InChI=1S/C13H24N2/c1-4-11-15(12(2)14-3)13-9-7-5-6-8-10-13/h13H,2-11H2,1H3. The van der Waals surface area contributed by atoms with E-state index >= 15 is 0 Å². The molecule has 0 bridgehead atoms. The normalized spacial score (nSPS) is 18.2. The summed E-state index contributed by atoms with van der Waals surface area (Å²) in [5.74, 6) is 0.865. The average Bonchev–Trinajstić information content (AvgIpc) is 2.53. The summed E-state index contributed by atoms with van der Waals surface area (Å²) in [5, 5.41) is 0. The smallest absolute Gasteiger partial charge is 0.120 e. The van der Waals surface area contributed by atoms with Crippen molar-refractivity contribution >= 4 is 6.72 Å². The lowest BCUT2D eigenvalue weighted by atomic mass is 10.1. The first-order valence-electron chi connectivity index (χ1n) is 6.22. The van der Waals surface area contributed by atoms with E-state index in [1.165, 1.54) is 38.5 Å². The summed E-state index contributed by atoms with van der Waals surface area (Å²) in [6, 6.07) is 0.658. The van der Waals surface area contributed by atoms with Gasteiger partial charge in [-0.05, 0) is 26.0 Å². The molecular weight excluding hydrogens is 184 g/mol. The highest BCUT2D eigenvalue weighted by molar-refractivity contribution is 5.27. The molecule has 0 amide bonds. The van der Waals surface area contributed by atoms with Crippen molar-refractivity contribution in [3.8, 4) is 0 Å². The van der Waals surface area contributed by atoms with Gasteiger partial charge < -0.3 is 4.90 Å². The first kappa shape index (κ1) is 12.3. The van der Waals surface area contributed by atoms with Gasteiger partial charge in [-0.2, -0.15) is 0 Å². The highest BCUT2D eigenvalue weighted by Crippen LogP contribution is 2.24. The fourth-order valence-corrected chi connectivity index (χ4v) is 2.42.